The molecule has 0 aliphatic carbocycles. The highest BCUT2D eigenvalue weighted by molar-refractivity contribution is 6.38. The van der Waals surface area contributed by atoms with Crippen LogP contribution in [-0.4, -0.2) is 19.0 Å². The summed E-state index contributed by atoms with van der Waals surface area (Å²) in [4.78, 5) is 23.6. The zero-order valence-corrected chi connectivity index (χ0v) is 14.7. The van der Waals surface area contributed by atoms with Gasteiger partial charge in [0.15, 0.2) is 0 Å². The summed E-state index contributed by atoms with van der Waals surface area (Å²) in [6.07, 6.45) is 0. The van der Waals surface area contributed by atoms with Crippen LogP contribution in [0, 0.1) is 0 Å². The van der Waals surface area contributed by atoms with Crippen molar-refractivity contribution < 1.29 is 14.3 Å². The molecule has 0 aromatic heterocycles. The lowest BCUT2D eigenvalue weighted by Crippen LogP contribution is -2.28. The molecule has 5 nitrogen and oxygen atoms in total. The zero-order chi connectivity index (χ0) is 17.9. The SMILES string of the molecule is COC(=O)c1cc(NC(C(N)=O)c2ccccc2Cl)c(Cl)cc1Cl. The molecule has 2 aromatic rings. The molecule has 2 aromatic carbocycles. The summed E-state index contributed by atoms with van der Waals surface area (Å²) < 4.78 is 4.66. The van der Waals surface area contributed by atoms with Crippen LogP contribution in [-0.2, 0) is 9.53 Å². The predicted octanol–water partition coefficient (Wildman–Crippen LogP) is 4.07. The molecule has 0 heterocycles. The Hall–Kier alpha value is -1.95. The molecule has 24 heavy (non-hydrogen) atoms. The Bertz CT molecular complexity index is 796. The van der Waals surface area contributed by atoms with Crippen molar-refractivity contribution in [2.45, 2.75) is 6.04 Å². The number of amides is 1. The van der Waals surface area contributed by atoms with Gasteiger partial charge in [0.2, 0.25) is 5.91 Å². The Morgan fingerprint density at radius 3 is 2.33 bits per heavy atom. The number of benzene rings is 2. The molecule has 1 amide bonds. The molecule has 0 saturated carbocycles. The van der Waals surface area contributed by atoms with Crippen LogP contribution >= 0.6 is 34.8 Å². The van der Waals surface area contributed by atoms with Gasteiger partial charge >= 0.3 is 5.97 Å². The summed E-state index contributed by atoms with van der Waals surface area (Å²) in [6, 6.07) is 8.58. The maximum Gasteiger partial charge on any atom is 0.339 e. The summed E-state index contributed by atoms with van der Waals surface area (Å²) in [5.74, 6) is -1.29. The van der Waals surface area contributed by atoms with E-state index in [4.69, 9.17) is 40.5 Å². The van der Waals surface area contributed by atoms with E-state index in [0.717, 1.165) is 0 Å². The van der Waals surface area contributed by atoms with E-state index in [1.165, 1.54) is 19.2 Å². The molecule has 0 radical (unpaired) electrons. The number of carbonyl (C=O) groups excluding carboxylic acids is 2. The number of carbonyl (C=O) groups is 2. The Balaban J connectivity index is 2.46. The van der Waals surface area contributed by atoms with Crippen LogP contribution in [0.3, 0.4) is 0 Å². The largest absolute Gasteiger partial charge is 0.465 e. The number of primary amides is 1. The van der Waals surface area contributed by atoms with Crippen molar-refractivity contribution in [3.05, 3.63) is 62.6 Å². The Morgan fingerprint density at radius 2 is 1.75 bits per heavy atom. The number of methoxy groups -OCH3 is 1. The number of hydrogen-bond acceptors (Lipinski definition) is 4. The number of anilines is 1. The van der Waals surface area contributed by atoms with Crippen molar-refractivity contribution in [1.29, 1.82) is 0 Å². The van der Waals surface area contributed by atoms with Crippen molar-refractivity contribution in [3.8, 4) is 0 Å². The minimum Gasteiger partial charge on any atom is -0.465 e. The number of halogens is 3. The third-order valence-electron chi connectivity index (χ3n) is 3.26. The van der Waals surface area contributed by atoms with E-state index in [1.54, 1.807) is 24.3 Å². The van der Waals surface area contributed by atoms with Gasteiger partial charge in [-0.25, -0.2) is 4.79 Å². The highest BCUT2D eigenvalue weighted by Gasteiger charge is 2.23. The second kappa shape index (κ2) is 7.75. The van der Waals surface area contributed by atoms with Crippen LogP contribution in [0.4, 0.5) is 5.69 Å². The normalized spacial score (nSPS) is 11.7. The van der Waals surface area contributed by atoms with Gasteiger partial charge in [0.25, 0.3) is 0 Å². The first-order chi connectivity index (χ1) is 11.3. The summed E-state index contributed by atoms with van der Waals surface area (Å²) in [5, 5.41) is 3.60. The van der Waals surface area contributed by atoms with Gasteiger partial charge in [-0.2, -0.15) is 0 Å². The highest BCUT2D eigenvalue weighted by Crippen LogP contribution is 2.33. The van der Waals surface area contributed by atoms with Crippen LogP contribution in [0.25, 0.3) is 0 Å². The van der Waals surface area contributed by atoms with Gasteiger partial charge in [-0.15, -0.1) is 0 Å². The number of nitrogens with one attached hydrogen (secondary N) is 1. The minimum absolute atomic E-state index is 0.105. The molecule has 0 bridgehead atoms. The summed E-state index contributed by atoms with van der Waals surface area (Å²) in [5.41, 5.74) is 6.35. The Kier molecular flexibility index (Phi) is 5.94. The third-order valence-corrected chi connectivity index (χ3v) is 4.23. The van der Waals surface area contributed by atoms with Crippen molar-refractivity contribution in [1.82, 2.24) is 0 Å². The summed E-state index contributed by atoms with van der Waals surface area (Å²) in [7, 11) is 1.23. The molecule has 0 spiro atoms. The Morgan fingerprint density at radius 1 is 1.08 bits per heavy atom. The van der Waals surface area contributed by atoms with Crippen molar-refractivity contribution >= 4 is 52.4 Å². The summed E-state index contributed by atoms with van der Waals surface area (Å²) >= 11 is 18.3. The molecule has 0 fully saturated rings. The van der Waals surface area contributed by atoms with Gasteiger partial charge in [-0.3, -0.25) is 4.79 Å². The van der Waals surface area contributed by atoms with Gasteiger partial charge in [-0.1, -0.05) is 53.0 Å². The lowest BCUT2D eigenvalue weighted by atomic mass is 10.1. The van der Waals surface area contributed by atoms with E-state index >= 15 is 0 Å². The third kappa shape index (κ3) is 3.93. The van der Waals surface area contributed by atoms with Crippen molar-refractivity contribution in [2.75, 3.05) is 12.4 Å². The first kappa shape index (κ1) is 18.4. The lowest BCUT2D eigenvalue weighted by Gasteiger charge is -2.20. The van der Waals surface area contributed by atoms with Gasteiger partial charge in [0.05, 0.1) is 28.4 Å². The lowest BCUT2D eigenvalue weighted by molar-refractivity contribution is -0.118. The van der Waals surface area contributed by atoms with Crippen molar-refractivity contribution in [2.24, 2.45) is 5.73 Å². The minimum atomic E-state index is -0.942. The molecule has 0 saturated heterocycles. The average Bonchev–Trinajstić information content (AvgIpc) is 2.54. The van der Waals surface area contributed by atoms with Gasteiger partial charge in [-0.05, 0) is 18.2 Å². The first-order valence-corrected chi connectivity index (χ1v) is 7.86. The van der Waals surface area contributed by atoms with E-state index in [-0.39, 0.29) is 15.6 Å². The average molecular weight is 388 g/mol. The van der Waals surface area contributed by atoms with Gasteiger partial charge in [0, 0.05) is 10.6 Å². The van der Waals surface area contributed by atoms with Crippen LogP contribution < -0.4 is 11.1 Å². The highest BCUT2D eigenvalue weighted by atomic mass is 35.5. The topological polar surface area (TPSA) is 81.4 Å². The quantitative estimate of drug-likeness (QED) is 0.758. The first-order valence-electron chi connectivity index (χ1n) is 6.72. The maximum absolute atomic E-state index is 11.9. The number of hydrogen-bond donors (Lipinski definition) is 2. The molecule has 1 unspecified atom stereocenters. The number of nitrogens with two attached hydrogens (primary N) is 1. The fraction of sp³-hybridized carbons (Fsp3) is 0.125. The fourth-order valence-corrected chi connectivity index (χ4v) is 2.85. The van der Waals surface area contributed by atoms with E-state index in [9.17, 15) is 9.59 Å². The van der Waals surface area contributed by atoms with E-state index in [0.29, 0.717) is 16.3 Å². The number of esters is 1. The Labute approximate surface area is 153 Å². The number of rotatable bonds is 5. The molecule has 3 N–H and O–H groups in total. The molecule has 0 aliphatic rings. The maximum atomic E-state index is 11.9. The van der Waals surface area contributed by atoms with Crippen LogP contribution in [0.1, 0.15) is 22.0 Å². The molecule has 0 aliphatic heterocycles. The van der Waals surface area contributed by atoms with Crippen LogP contribution in [0.15, 0.2) is 36.4 Å². The molecule has 1 atom stereocenters. The fourth-order valence-electron chi connectivity index (χ4n) is 2.09. The number of ether oxygens (including phenoxy) is 1. The molecule has 126 valence electrons. The van der Waals surface area contributed by atoms with Gasteiger partial charge < -0.3 is 15.8 Å². The molecule has 8 heteroatoms. The van der Waals surface area contributed by atoms with Crippen LogP contribution in [0.5, 0.6) is 0 Å². The zero-order valence-electron chi connectivity index (χ0n) is 12.5. The van der Waals surface area contributed by atoms with E-state index < -0.39 is 17.9 Å². The van der Waals surface area contributed by atoms with Gasteiger partial charge in [0.1, 0.15) is 6.04 Å². The van der Waals surface area contributed by atoms with Crippen LogP contribution in [0.2, 0.25) is 15.1 Å². The second-order valence-corrected chi connectivity index (χ2v) is 6.03. The second-order valence-electron chi connectivity index (χ2n) is 4.80. The molecule has 2 rings (SSSR count). The molecular weight excluding hydrogens is 375 g/mol. The monoisotopic (exact) mass is 386 g/mol. The standard InChI is InChI=1S/C16H13Cl3N2O3/c1-24-16(23)9-6-13(12(19)7-11(9)18)21-14(15(20)22)8-4-2-3-5-10(8)17/h2-7,14,21H,1H3,(H2,20,22). The smallest absolute Gasteiger partial charge is 0.339 e. The van der Waals surface area contributed by atoms with E-state index in [2.05, 4.69) is 10.1 Å². The van der Waals surface area contributed by atoms with Crippen molar-refractivity contribution in [3.63, 3.8) is 0 Å². The predicted molar refractivity (Wildman–Crippen MR) is 94.8 cm³/mol. The van der Waals surface area contributed by atoms with E-state index in [1.807, 2.05) is 0 Å². The molecular formula is C16H13Cl3N2O3. The summed E-state index contributed by atoms with van der Waals surface area (Å²) in [6.45, 7) is 0.